The number of para-hydroxylation sites is 1. The average Bonchev–Trinajstić information content (AvgIpc) is 2.59. The molecule has 3 rings (SSSR count). The molecule has 0 aliphatic carbocycles. The smallest absolute Gasteiger partial charge is 0.141 e. The number of nitrogens with one attached hydrogen (secondary N) is 1. The van der Waals surface area contributed by atoms with E-state index in [1.165, 1.54) is 5.56 Å². The zero-order valence-electron chi connectivity index (χ0n) is 10.6. The summed E-state index contributed by atoms with van der Waals surface area (Å²) in [7, 11) is 0. The monoisotopic (exact) mass is 244 g/mol. The van der Waals surface area contributed by atoms with E-state index < -0.39 is 0 Å². The van der Waals surface area contributed by atoms with Gasteiger partial charge in [0.15, 0.2) is 0 Å². The van der Waals surface area contributed by atoms with Gasteiger partial charge >= 0.3 is 0 Å². The Morgan fingerprint density at radius 3 is 2.94 bits per heavy atom. The summed E-state index contributed by atoms with van der Waals surface area (Å²) in [6.45, 7) is 6.29. The highest BCUT2D eigenvalue weighted by molar-refractivity contribution is 5.75. The summed E-state index contributed by atoms with van der Waals surface area (Å²) >= 11 is 0. The van der Waals surface area contributed by atoms with E-state index in [-0.39, 0.29) is 0 Å². The highest BCUT2D eigenvalue weighted by Gasteiger charge is 2.19. The van der Waals surface area contributed by atoms with E-state index in [0.29, 0.717) is 6.61 Å². The first-order valence-corrected chi connectivity index (χ1v) is 6.16. The van der Waals surface area contributed by atoms with Crippen LogP contribution < -0.4 is 10.1 Å². The van der Waals surface area contributed by atoms with E-state index in [1.54, 1.807) is 0 Å². The van der Waals surface area contributed by atoms with Gasteiger partial charge in [-0.3, -0.25) is 0 Å². The first-order valence-electron chi connectivity index (χ1n) is 6.16. The van der Waals surface area contributed by atoms with Crippen molar-refractivity contribution in [1.82, 2.24) is 10.5 Å². The molecule has 1 aliphatic heterocycles. The van der Waals surface area contributed by atoms with Gasteiger partial charge in [0.2, 0.25) is 0 Å². The lowest BCUT2D eigenvalue weighted by atomic mass is 10.00. The fourth-order valence-corrected chi connectivity index (χ4v) is 2.41. The minimum atomic E-state index is 0.688. The summed E-state index contributed by atoms with van der Waals surface area (Å²) in [5.74, 6) is 1.79. The number of benzene rings is 1. The van der Waals surface area contributed by atoms with Gasteiger partial charge in [-0.1, -0.05) is 23.4 Å². The molecule has 0 unspecified atom stereocenters. The van der Waals surface area contributed by atoms with Gasteiger partial charge in [0.1, 0.15) is 18.1 Å². The Morgan fingerprint density at radius 1 is 1.28 bits per heavy atom. The molecule has 1 aliphatic rings. The van der Waals surface area contributed by atoms with Crippen LogP contribution in [0.1, 0.15) is 17.0 Å². The van der Waals surface area contributed by atoms with Crippen LogP contribution in [0.25, 0.3) is 11.1 Å². The highest BCUT2D eigenvalue weighted by Crippen LogP contribution is 2.37. The molecule has 2 aromatic rings. The Bertz CT molecular complexity index is 556. The SMILES string of the molecule is Cc1noc(C)c1-c1cccc2c1OCCNC2. The summed E-state index contributed by atoms with van der Waals surface area (Å²) in [6, 6.07) is 6.21. The van der Waals surface area contributed by atoms with Gasteiger partial charge in [0.05, 0.1) is 11.3 Å². The van der Waals surface area contributed by atoms with Crippen LogP contribution in [0.5, 0.6) is 5.75 Å². The third kappa shape index (κ3) is 1.78. The summed E-state index contributed by atoms with van der Waals surface area (Å²) in [5.41, 5.74) is 4.22. The van der Waals surface area contributed by atoms with Crippen LogP contribution in [0.15, 0.2) is 22.7 Å². The van der Waals surface area contributed by atoms with E-state index in [0.717, 1.165) is 41.4 Å². The fraction of sp³-hybridized carbons (Fsp3) is 0.357. The van der Waals surface area contributed by atoms with E-state index in [2.05, 4.69) is 28.7 Å². The number of hydrogen-bond acceptors (Lipinski definition) is 4. The second-order valence-electron chi connectivity index (χ2n) is 4.52. The second-order valence-corrected chi connectivity index (χ2v) is 4.52. The maximum absolute atomic E-state index is 5.88. The molecule has 94 valence electrons. The largest absolute Gasteiger partial charge is 0.491 e. The molecule has 0 saturated carbocycles. The van der Waals surface area contributed by atoms with Gasteiger partial charge in [0.25, 0.3) is 0 Å². The second kappa shape index (κ2) is 4.46. The number of rotatable bonds is 1. The fourth-order valence-electron chi connectivity index (χ4n) is 2.41. The lowest BCUT2D eigenvalue weighted by Crippen LogP contribution is -2.16. The van der Waals surface area contributed by atoms with Crippen LogP contribution in [0.4, 0.5) is 0 Å². The molecule has 2 heterocycles. The molecule has 0 fully saturated rings. The molecule has 4 heteroatoms. The Kier molecular flexibility index (Phi) is 2.80. The zero-order valence-corrected chi connectivity index (χ0v) is 10.6. The molecule has 18 heavy (non-hydrogen) atoms. The van der Waals surface area contributed by atoms with E-state index >= 15 is 0 Å². The van der Waals surface area contributed by atoms with Crippen LogP contribution in [0, 0.1) is 13.8 Å². The van der Waals surface area contributed by atoms with Gasteiger partial charge in [0, 0.05) is 24.2 Å². The van der Waals surface area contributed by atoms with Crippen molar-refractivity contribution < 1.29 is 9.26 Å². The minimum absolute atomic E-state index is 0.688. The first kappa shape index (κ1) is 11.3. The number of fused-ring (bicyclic) bond motifs is 1. The molecule has 0 radical (unpaired) electrons. The maximum Gasteiger partial charge on any atom is 0.141 e. The molecule has 1 N–H and O–H groups in total. The van der Waals surface area contributed by atoms with E-state index in [9.17, 15) is 0 Å². The number of nitrogens with zero attached hydrogens (tertiary/aromatic N) is 1. The zero-order chi connectivity index (χ0) is 12.5. The van der Waals surface area contributed by atoms with E-state index in [4.69, 9.17) is 9.26 Å². The van der Waals surface area contributed by atoms with Gasteiger partial charge in [-0.15, -0.1) is 0 Å². The normalized spacial score (nSPS) is 14.8. The molecular weight excluding hydrogens is 228 g/mol. The summed E-state index contributed by atoms with van der Waals surface area (Å²) in [6.07, 6.45) is 0. The molecule has 1 aromatic carbocycles. The lowest BCUT2D eigenvalue weighted by molar-refractivity contribution is 0.327. The molecule has 0 saturated heterocycles. The van der Waals surface area contributed by atoms with Crippen molar-refractivity contribution in [2.45, 2.75) is 20.4 Å². The van der Waals surface area contributed by atoms with Crippen LogP contribution in [-0.4, -0.2) is 18.3 Å². The number of hydrogen-bond donors (Lipinski definition) is 1. The van der Waals surface area contributed by atoms with Crippen molar-refractivity contribution in [2.75, 3.05) is 13.2 Å². The summed E-state index contributed by atoms with van der Waals surface area (Å²) < 4.78 is 11.1. The Labute approximate surface area is 106 Å². The van der Waals surface area contributed by atoms with Crippen molar-refractivity contribution >= 4 is 0 Å². The van der Waals surface area contributed by atoms with Crippen LogP contribution in [-0.2, 0) is 6.54 Å². The summed E-state index contributed by atoms with van der Waals surface area (Å²) in [5, 5.41) is 7.36. The van der Waals surface area contributed by atoms with Gasteiger partial charge in [-0.2, -0.15) is 0 Å². The van der Waals surface area contributed by atoms with Crippen LogP contribution in [0.3, 0.4) is 0 Å². The van der Waals surface area contributed by atoms with Crippen molar-refractivity contribution in [3.05, 3.63) is 35.2 Å². The van der Waals surface area contributed by atoms with Crippen molar-refractivity contribution in [3.8, 4) is 16.9 Å². The predicted octanol–water partition coefficient (Wildman–Crippen LogP) is 2.44. The number of aromatic nitrogens is 1. The average molecular weight is 244 g/mol. The standard InChI is InChI=1S/C14H16N2O2/c1-9-13(10(2)18-16-9)12-5-3-4-11-8-15-6-7-17-14(11)12/h3-5,15H,6-8H2,1-2H3. The molecule has 0 bridgehead atoms. The number of aryl methyl sites for hydroxylation is 2. The summed E-state index contributed by atoms with van der Waals surface area (Å²) in [4.78, 5) is 0. The lowest BCUT2D eigenvalue weighted by Gasteiger charge is -2.12. The molecule has 0 amide bonds. The quantitative estimate of drug-likeness (QED) is 0.837. The third-order valence-corrected chi connectivity index (χ3v) is 3.24. The molecule has 1 aromatic heterocycles. The van der Waals surface area contributed by atoms with Crippen molar-refractivity contribution in [1.29, 1.82) is 0 Å². The topological polar surface area (TPSA) is 47.3 Å². The molecule has 0 spiro atoms. The maximum atomic E-state index is 5.88. The predicted molar refractivity (Wildman–Crippen MR) is 68.6 cm³/mol. The third-order valence-electron chi connectivity index (χ3n) is 3.24. The van der Waals surface area contributed by atoms with Gasteiger partial charge in [-0.25, -0.2) is 0 Å². The highest BCUT2D eigenvalue weighted by atomic mass is 16.5. The van der Waals surface area contributed by atoms with Crippen molar-refractivity contribution in [2.24, 2.45) is 0 Å². The van der Waals surface area contributed by atoms with Crippen molar-refractivity contribution in [3.63, 3.8) is 0 Å². The molecular formula is C14H16N2O2. The van der Waals surface area contributed by atoms with Gasteiger partial charge < -0.3 is 14.6 Å². The Balaban J connectivity index is 2.18. The van der Waals surface area contributed by atoms with Gasteiger partial charge in [-0.05, 0) is 13.8 Å². The van der Waals surface area contributed by atoms with Crippen LogP contribution in [0.2, 0.25) is 0 Å². The molecule has 4 nitrogen and oxygen atoms in total. The Morgan fingerprint density at radius 2 is 2.17 bits per heavy atom. The van der Waals surface area contributed by atoms with Crippen LogP contribution >= 0.6 is 0 Å². The Hall–Kier alpha value is -1.81. The number of ether oxygens (including phenoxy) is 1. The first-order chi connectivity index (χ1) is 8.77. The van der Waals surface area contributed by atoms with E-state index in [1.807, 2.05) is 13.8 Å². The molecule has 0 atom stereocenters. The minimum Gasteiger partial charge on any atom is -0.491 e.